The molecule has 0 N–H and O–H groups in total. The molecule has 0 aromatic heterocycles. The molecule has 1 aliphatic rings. The number of ketones is 2. The Morgan fingerprint density at radius 2 is 1.05 bits per heavy atom. The average Bonchev–Trinajstić information content (AvgIpc) is 3.28. The van der Waals surface area contributed by atoms with E-state index in [4.69, 9.17) is 0 Å². The first kappa shape index (κ1) is 13.7. The van der Waals surface area contributed by atoms with Crippen LogP contribution in [0.5, 0.6) is 0 Å². The number of rotatable bonds is 4. The summed E-state index contributed by atoms with van der Waals surface area (Å²) in [4.78, 5) is 22.6. The molecule has 0 saturated heterocycles. The molecule has 0 amide bonds. The SMILES string of the molecule is CC(=O)c1ccc([C@H]2C[C@@H]2c2ccc(C(C)=O)cc2)cc1. The lowest BCUT2D eigenvalue weighted by molar-refractivity contribution is 0.100. The standard InChI is InChI=1S/C19H18O2/c1-12(20)14-3-7-16(8-4-14)18-11-19(18)17-9-5-15(6-10-17)13(2)21/h3-10,18-19H,11H2,1-2H3/t18-,19-/m1/s1. The highest BCUT2D eigenvalue weighted by Crippen LogP contribution is 2.54. The molecule has 0 heterocycles. The van der Waals surface area contributed by atoms with Gasteiger partial charge in [0.25, 0.3) is 0 Å². The number of carbonyl (C=O) groups is 2. The van der Waals surface area contributed by atoms with Gasteiger partial charge in [-0.05, 0) is 43.2 Å². The van der Waals surface area contributed by atoms with Crippen LogP contribution < -0.4 is 0 Å². The minimum absolute atomic E-state index is 0.105. The fourth-order valence-electron chi connectivity index (χ4n) is 2.86. The summed E-state index contributed by atoms with van der Waals surface area (Å²) < 4.78 is 0. The van der Waals surface area contributed by atoms with Crippen LogP contribution in [0, 0.1) is 0 Å². The Morgan fingerprint density at radius 3 is 1.33 bits per heavy atom. The molecule has 2 aromatic carbocycles. The van der Waals surface area contributed by atoms with Gasteiger partial charge in [0.1, 0.15) is 0 Å². The Bertz CT molecular complexity index is 619. The van der Waals surface area contributed by atoms with Gasteiger partial charge in [0.2, 0.25) is 0 Å². The summed E-state index contributed by atoms with van der Waals surface area (Å²) in [5, 5.41) is 0. The van der Waals surface area contributed by atoms with Crippen molar-refractivity contribution in [2.24, 2.45) is 0 Å². The maximum Gasteiger partial charge on any atom is 0.159 e. The largest absolute Gasteiger partial charge is 0.295 e. The quantitative estimate of drug-likeness (QED) is 0.778. The molecule has 1 aliphatic carbocycles. The average molecular weight is 278 g/mol. The van der Waals surface area contributed by atoms with Crippen LogP contribution in [0.25, 0.3) is 0 Å². The number of hydrogen-bond acceptors (Lipinski definition) is 2. The van der Waals surface area contributed by atoms with Gasteiger partial charge in [-0.15, -0.1) is 0 Å². The Kier molecular flexibility index (Phi) is 3.46. The normalized spacial score (nSPS) is 20.1. The lowest BCUT2D eigenvalue weighted by Crippen LogP contribution is -1.93. The van der Waals surface area contributed by atoms with Crippen molar-refractivity contribution in [3.63, 3.8) is 0 Å². The van der Waals surface area contributed by atoms with E-state index in [9.17, 15) is 9.59 Å². The van der Waals surface area contributed by atoms with E-state index in [0.717, 1.165) is 17.5 Å². The van der Waals surface area contributed by atoms with Crippen molar-refractivity contribution in [3.05, 3.63) is 70.8 Å². The van der Waals surface area contributed by atoms with Crippen molar-refractivity contribution in [2.45, 2.75) is 32.1 Å². The molecule has 21 heavy (non-hydrogen) atoms. The summed E-state index contributed by atoms with van der Waals surface area (Å²) in [5.74, 6) is 1.28. The second-order valence-electron chi connectivity index (χ2n) is 5.81. The van der Waals surface area contributed by atoms with Gasteiger partial charge in [0, 0.05) is 11.1 Å². The van der Waals surface area contributed by atoms with Gasteiger partial charge >= 0.3 is 0 Å². The number of benzene rings is 2. The van der Waals surface area contributed by atoms with E-state index >= 15 is 0 Å². The molecule has 2 aromatic rings. The number of carbonyl (C=O) groups excluding carboxylic acids is 2. The first-order valence-corrected chi connectivity index (χ1v) is 7.28. The first-order chi connectivity index (χ1) is 10.1. The van der Waals surface area contributed by atoms with Crippen LogP contribution >= 0.6 is 0 Å². The monoisotopic (exact) mass is 278 g/mol. The van der Waals surface area contributed by atoms with E-state index < -0.39 is 0 Å². The highest BCUT2D eigenvalue weighted by atomic mass is 16.1. The highest BCUT2D eigenvalue weighted by molar-refractivity contribution is 5.94. The van der Waals surface area contributed by atoms with Gasteiger partial charge in [-0.3, -0.25) is 9.59 Å². The van der Waals surface area contributed by atoms with Crippen LogP contribution in [0.15, 0.2) is 48.5 Å². The van der Waals surface area contributed by atoms with Crippen molar-refractivity contribution >= 4 is 11.6 Å². The smallest absolute Gasteiger partial charge is 0.159 e. The molecule has 3 rings (SSSR count). The molecule has 106 valence electrons. The van der Waals surface area contributed by atoms with E-state index in [-0.39, 0.29) is 11.6 Å². The van der Waals surface area contributed by atoms with Crippen molar-refractivity contribution in [3.8, 4) is 0 Å². The Balaban J connectivity index is 1.73. The summed E-state index contributed by atoms with van der Waals surface area (Å²) in [6.45, 7) is 3.18. The number of hydrogen-bond donors (Lipinski definition) is 0. The van der Waals surface area contributed by atoms with Gasteiger partial charge in [-0.25, -0.2) is 0 Å². The van der Waals surface area contributed by atoms with Crippen LogP contribution in [0.3, 0.4) is 0 Å². The van der Waals surface area contributed by atoms with E-state index in [2.05, 4.69) is 24.3 Å². The first-order valence-electron chi connectivity index (χ1n) is 7.28. The Hall–Kier alpha value is -2.22. The second kappa shape index (κ2) is 5.28. The van der Waals surface area contributed by atoms with Crippen LogP contribution in [0.2, 0.25) is 0 Å². The molecular weight excluding hydrogens is 260 g/mol. The van der Waals surface area contributed by atoms with E-state index in [1.165, 1.54) is 11.1 Å². The molecule has 1 fully saturated rings. The fourth-order valence-corrected chi connectivity index (χ4v) is 2.86. The molecule has 0 unspecified atom stereocenters. The summed E-state index contributed by atoms with van der Waals surface area (Å²) in [5.41, 5.74) is 4.12. The molecule has 0 radical (unpaired) electrons. The molecule has 2 atom stereocenters. The van der Waals surface area contributed by atoms with Crippen molar-refractivity contribution in [1.29, 1.82) is 0 Å². The predicted octanol–water partition coefficient (Wildman–Crippen LogP) is 4.36. The van der Waals surface area contributed by atoms with Crippen LogP contribution in [0.4, 0.5) is 0 Å². The maximum absolute atomic E-state index is 11.3. The Labute approximate surface area is 124 Å². The minimum Gasteiger partial charge on any atom is -0.295 e. The molecule has 2 nitrogen and oxygen atoms in total. The zero-order valence-corrected chi connectivity index (χ0v) is 12.3. The zero-order chi connectivity index (χ0) is 15.0. The summed E-state index contributed by atoms with van der Waals surface area (Å²) in [7, 11) is 0. The molecule has 2 heteroatoms. The topological polar surface area (TPSA) is 34.1 Å². The maximum atomic E-state index is 11.3. The van der Waals surface area contributed by atoms with Gasteiger partial charge < -0.3 is 0 Å². The highest BCUT2D eigenvalue weighted by Gasteiger charge is 2.39. The van der Waals surface area contributed by atoms with E-state index in [0.29, 0.717) is 11.8 Å². The van der Waals surface area contributed by atoms with Crippen LogP contribution in [0.1, 0.15) is 63.9 Å². The fraction of sp³-hybridized carbons (Fsp3) is 0.263. The summed E-state index contributed by atoms with van der Waals surface area (Å²) in [6.07, 6.45) is 1.14. The van der Waals surface area contributed by atoms with Gasteiger partial charge in [-0.2, -0.15) is 0 Å². The van der Waals surface area contributed by atoms with Crippen LogP contribution in [-0.2, 0) is 0 Å². The van der Waals surface area contributed by atoms with Crippen molar-refractivity contribution in [2.75, 3.05) is 0 Å². The van der Waals surface area contributed by atoms with Crippen LogP contribution in [-0.4, -0.2) is 11.6 Å². The van der Waals surface area contributed by atoms with E-state index in [1.54, 1.807) is 13.8 Å². The summed E-state index contributed by atoms with van der Waals surface area (Å²) in [6, 6.07) is 15.9. The van der Waals surface area contributed by atoms with Gasteiger partial charge in [0.05, 0.1) is 0 Å². The minimum atomic E-state index is 0.105. The molecular formula is C19H18O2. The van der Waals surface area contributed by atoms with Crippen molar-refractivity contribution < 1.29 is 9.59 Å². The molecule has 0 spiro atoms. The van der Waals surface area contributed by atoms with E-state index in [1.807, 2.05) is 24.3 Å². The second-order valence-corrected chi connectivity index (χ2v) is 5.81. The van der Waals surface area contributed by atoms with Gasteiger partial charge in [-0.1, -0.05) is 48.5 Å². The lowest BCUT2D eigenvalue weighted by atomic mass is 10.0. The third kappa shape index (κ3) is 2.80. The predicted molar refractivity (Wildman–Crippen MR) is 83.0 cm³/mol. The molecule has 0 bridgehead atoms. The van der Waals surface area contributed by atoms with Crippen molar-refractivity contribution in [1.82, 2.24) is 0 Å². The zero-order valence-electron chi connectivity index (χ0n) is 12.3. The lowest BCUT2D eigenvalue weighted by Gasteiger charge is -2.03. The number of Topliss-reactive ketones (excluding diaryl/α,β-unsaturated/α-hetero) is 2. The third-order valence-electron chi connectivity index (χ3n) is 4.28. The molecule has 1 saturated carbocycles. The Morgan fingerprint density at radius 1 is 0.714 bits per heavy atom. The van der Waals surface area contributed by atoms with Gasteiger partial charge in [0.15, 0.2) is 11.6 Å². The summed E-state index contributed by atoms with van der Waals surface area (Å²) >= 11 is 0. The molecule has 0 aliphatic heterocycles. The third-order valence-corrected chi connectivity index (χ3v) is 4.28.